The van der Waals surface area contributed by atoms with Crippen LogP contribution in [0.5, 0.6) is 5.75 Å². The summed E-state index contributed by atoms with van der Waals surface area (Å²) in [5.41, 5.74) is 0. The smallest absolute Gasteiger partial charge is 0.417 e. The van der Waals surface area contributed by atoms with E-state index in [9.17, 15) is 4.57 Å². The van der Waals surface area contributed by atoms with Gasteiger partial charge in [-0.3, -0.25) is 4.52 Å². The monoisotopic (exact) mass is 314 g/mol. The second kappa shape index (κ2) is 7.55. The minimum absolute atomic E-state index is 0.320. The second-order valence-electron chi connectivity index (χ2n) is 2.93. The van der Waals surface area contributed by atoms with E-state index in [4.69, 9.17) is 32.2 Å². The molecular weight excluding hydrogens is 302 g/mol. The van der Waals surface area contributed by atoms with Gasteiger partial charge in [0, 0.05) is 16.7 Å². The molecule has 0 aliphatic heterocycles. The molecule has 17 heavy (non-hydrogen) atoms. The van der Waals surface area contributed by atoms with Crippen LogP contribution in [0.2, 0.25) is 5.02 Å². The largest absolute Gasteiger partial charge is 0.440 e. The molecule has 0 aliphatic carbocycles. The first-order valence-corrected chi connectivity index (χ1v) is 9.04. The maximum Gasteiger partial charge on any atom is 0.440 e. The highest BCUT2D eigenvalue weighted by Crippen LogP contribution is 2.59. The number of halogens is 2. The second-order valence-corrected chi connectivity index (χ2v) is 7.86. The van der Waals surface area contributed by atoms with Gasteiger partial charge in [-0.15, -0.1) is 11.6 Å². The van der Waals surface area contributed by atoms with Crippen molar-refractivity contribution in [3.05, 3.63) is 29.3 Å². The van der Waals surface area contributed by atoms with Gasteiger partial charge in [-0.2, -0.15) is 0 Å². The van der Waals surface area contributed by atoms with Crippen molar-refractivity contribution in [3.8, 4) is 5.75 Å². The fourth-order valence-electron chi connectivity index (χ4n) is 1.02. The molecule has 96 valence electrons. The van der Waals surface area contributed by atoms with Gasteiger partial charge in [0.15, 0.2) is 0 Å². The van der Waals surface area contributed by atoms with Gasteiger partial charge in [0.1, 0.15) is 5.75 Å². The molecule has 0 saturated heterocycles. The molecule has 1 aromatic rings. The van der Waals surface area contributed by atoms with E-state index in [-0.39, 0.29) is 0 Å². The van der Waals surface area contributed by atoms with Crippen LogP contribution < -0.4 is 4.52 Å². The van der Waals surface area contributed by atoms with Crippen molar-refractivity contribution in [1.29, 1.82) is 0 Å². The molecule has 0 spiro atoms. The third kappa shape index (κ3) is 5.54. The van der Waals surface area contributed by atoms with Crippen LogP contribution >= 0.6 is 41.4 Å². The quantitative estimate of drug-likeness (QED) is 0.533. The molecule has 3 nitrogen and oxygen atoms in total. The van der Waals surface area contributed by atoms with Crippen molar-refractivity contribution in [2.45, 2.75) is 6.92 Å². The summed E-state index contributed by atoms with van der Waals surface area (Å²) < 4.78 is 22.8. The normalized spacial score (nSPS) is 14.3. The van der Waals surface area contributed by atoms with Gasteiger partial charge in [0.2, 0.25) is 0 Å². The van der Waals surface area contributed by atoms with E-state index in [2.05, 4.69) is 0 Å². The number of benzene rings is 1. The van der Waals surface area contributed by atoms with Crippen LogP contribution in [0.3, 0.4) is 0 Å². The van der Waals surface area contributed by atoms with Crippen LogP contribution in [0.15, 0.2) is 24.3 Å². The minimum atomic E-state index is -3.18. The topological polar surface area (TPSA) is 35.5 Å². The maximum absolute atomic E-state index is 12.3. The molecule has 0 heterocycles. The van der Waals surface area contributed by atoms with Crippen LogP contribution in [-0.4, -0.2) is 18.2 Å². The number of hydrogen-bond acceptors (Lipinski definition) is 4. The maximum atomic E-state index is 12.3. The zero-order valence-electron chi connectivity index (χ0n) is 9.27. The van der Waals surface area contributed by atoms with E-state index in [1.807, 2.05) is 0 Å². The Morgan fingerprint density at radius 2 is 2.00 bits per heavy atom. The highest BCUT2D eigenvalue weighted by atomic mass is 35.5. The predicted octanol–water partition coefficient (Wildman–Crippen LogP) is 4.84. The van der Waals surface area contributed by atoms with Crippen LogP contribution in [-0.2, 0) is 9.09 Å². The molecule has 0 bridgehead atoms. The predicted molar refractivity (Wildman–Crippen MR) is 74.5 cm³/mol. The summed E-state index contributed by atoms with van der Waals surface area (Å²) in [6, 6.07) is 6.63. The summed E-state index contributed by atoms with van der Waals surface area (Å²) in [4.78, 5) is 0. The summed E-state index contributed by atoms with van der Waals surface area (Å²) in [5.74, 6) is 1.37. The third-order valence-electron chi connectivity index (χ3n) is 1.64. The van der Waals surface area contributed by atoms with Crippen molar-refractivity contribution in [1.82, 2.24) is 0 Å². The van der Waals surface area contributed by atoms with Gasteiger partial charge in [-0.1, -0.05) is 11.6 Å². The van der Waals surface area contributed by atoms with E-state index in [0.717, 1.165) is 11.4 Å². The van der Waals surface area contributed by atoms with E-state index in [0.29, 0.717) is 29.0 Å². The standard InChI is InChI=1S/C10H13Cl2O3PS/c1-2-14-16(13,17-8-7-11)15-10-5-3-9(12)4-6-10/h3-6H,2,7-8H2,1H3. The average Bonchev–Trinajstić information content (AvgIpc) is 2.30. The lowest BCUT2D eigenvalue weighted by molar-refractivity contribution is 0.296. The molecule has 0 N–H and O–H groups in total. The lowest BCUT2D eigenvalue weighted by Gasteiger charge is -2.17. The molecule has 0 aliphatic rings. The molecule has 1 atom stereocenters. The van der Waals surface area contributed by atoms with Gasteiger partial charge in [-0.05, 0) is 42.6 Å². The fourth-order valence-corrected chi connectivity index (χ4v) is 4.77. The van der Waals surface area contributed by atoms with Gasteiger partial charge in [-0.25, -0.2) is 4.57 Å². The molecule has 1 rings (SSSR count). The van der Waals surface area contributed by atoms with Crippen molar-refractivity contribution >= 4 is 41.4 Å². The highest BCUT2D eigenvalue weighted by molar-refractivity contribution is 8.55. The number of rotatable bonds is 7. The molecule has 0 fully saturated rings. The van der Waals surface area contributed by atoms with Gasteiger partial charge in [0.05, 0.1) is 6.61 Å². The molecule has 0 radical (unpaired) electrons. The zero-order chi connectivity index (χ0) is 12.7. The highest BCUT2D eigenvalue weighted by Gasteiger charge is 2.26. The first-order valence-electron chi connectivity index (χ1n) is 5.00. The molecule has 1 aromatic carbocycles. The summed E-state index contributed by atoms with van der Waals surface area (Å²) >= 11 is 12.4. The van der Waals surface area contributed by atoms with Crippen LogP contribution in [0.25, 0.3) is 0 Å². The Kier molecular flexibility index (Phi) is 6.75. The van der Waals surface area contributed by atoms with Crippen LogP contribution in [0.4, 0.5) is 0 Å². The zero-order valence-corrected chi connectivity index (χ0v) is 12.5. The summed E-state index contributed by atoms with van der Waals surface area (Å²) in [6.07, 6.45) is 0. The van der Waals surface area contributed by atoms with Crippen molar-refractivity contribution in [3.63, 3.8) is 0 Å². The minimum Gasteiger partial charge on any atom is -0.417 e. The van der Waals surface area contributed by atoms with E-state index < -0.39 is 6.80 Å². The van der Waals surface area contributed by atoms with E-state index >= 15 is 0 Å². The Bertz CT molecular complexity index is 386. The lowest BCUT2D eigenvalue weighted by Crippen LogP contribution is -1.96. The van der Waals surface area contributed by atoms with Crippen LogP contribution in [0.1, 0.15) is 6.92 Å². The van der Waals surface area contributed by atoms with Crippen LogP contribution in [0, 0.1) is 0 Å². The molecular formula is C10H13Cl2O3PS. The first kappa shape index (κ1) is 15.2. The number of hydrogen-bond donors (Lipinski definition) is 0. The summed E-state index contributed by atoms with van der Waals surface area (Å²) in [6.45, 7) is -1.10. The Balaban J connectivity index is 2.71. The fraction of sp³-hybridized carbons (Fsp3) is 0.400. The Morgan fingerprint density at radius 1 is 1.35 bits per heavy atom. The molecule has 0 saturated carbocycles. The Labute approximate surface area is 115 Å². The van der Waals surface area contributed by atoms with E-state index in [1.165, 1.54) is 0 Å². The third-order valence-corrected chi connectivity index (χ3v) is 6.06. The van der Waals surface area contributed by atoms with Crippen molar-refractivity contribution < 1.29 is 13.6 Å². The average molecular weight is 315 g/mol. The lowest BCUT2D eigenvalue weighted by atomic mass is 10.3. The summed E-state index contributed by atoms with van der Waals surface area (Å²) in [5, 5.41) is 0.594. The van der Waals surface area contributed by atoms with E-state index in [1.54, 1.807) is 31.2 Å². The molecule has 1 unspecified atom stereocenters. The molecule has 7 heteroatoms. The van der Waals surface area contributed by atoms with Crippen molar-refractivity contribution in [2.24, 2.45) is 0 Å². The number of alkyl halides is 1. The van der Waals surface area contributed by atoms with Gasteiger partial charge < -0.3 is 4.52 Å². The molecule has 0 amide bonds. The van der Waals surface area contributed by atoms with Crippen molar-refractivity contribution in [2.75, 3.05) is 18.2 Å². The summed E-state index contributed by atoms with van der Waals surface area (Å²) in [7, 11) is 0. The SMILES string of the molecule is CCOP(=O)(Oc1ccc(Cl)cc1)SCCCl. The Morgan fingerprint density at radius 3 is 2.53 bits per heavy atom. The first-order chi connectivity index (χ1) is 8.09. The van der Waals surface area contributed by atoms with Gasteiger partial charge in [0.25, 0.3) is 0 Å². The molecule has 0 aromatic heterocycles. The van der Waals surface area contributed by atoms with Gasteiger partial charge >= 0.3 is 6.80 Å². The Hall–Kier alpha value is 0.140.